The zero-order valence-corrected chi connectivity index (χ0v) is 18.7. The Morgan fingerprint density at radius 3 is 2.52 bits per heavy atom. The molecule has 1 aliphatic carbocycles. The molecule has 2 heterocycles. The van der Waals surface area contributed by atoms with Gasteiger partial charge in [-0.2, -0.15) is 4.98 Å². The van der Waals surface area contributed by atoms with Gasteiger partial charge in [0.15, 0.2) is 0 Å². The summed E-state index contributed by atoms with van der Waals surface area (Å²) in [5.41, 5.74) is 3.61. The highest BCUT2D eigenvalue weighted by Crippen LogP contribution is 2.44. The Labute approximate surface area is 193 Å². The fraction of sp³-hybridized carbons (Fsp3) is 0.423. The maximum absolute atomic E-state index is 10.9. The molecule has 0 unspecified atom stereocenters. The van der Waals surface area contributed by atoms with Gasteiger partial charge in [0, 0.05) is 25.2 Å². The van der Waals surface area contributed by atoms with Crippen LogP contribution in [0.1, 0.15) is 36.3 Å². The van der Waals surface area contributed by atoms with Crippen LogP contribution in [0.4, 0.5) is 0 Å². The van der Waals surface area contributed by atoms with Gasteiger partial charge in [-0.15, -0.1) is 0 Å². The van der Waals surface area contributed by atoms with Gasteiger partial charge in [0.05, 0.1) is 12.5 Å². The first kappa shape index (κ1) is 21.8. The number of carbonyl (C=O) groups is 1. The molecule has 3 aromatic rings. The van der Waals surface area contributed by atoms with Gasteiger partial charge in [0.1, 0.15) is 6.61 Å². The summed E-state index contributed by atoms with van der Waals surface area (Å²) in [6, 6.07) is 18.6. The lowest BCUT2D eigenvalue weighted by molar-refractivity contribution is -0.147. The number of likely N-dealkylation sites (tertiary alicyclic amines) is 1. The zero-order chi connectivity index (χ0) is 22.7. The molecule has 0 spiro atoms. The van der Waals surface area contributed by atoms with E-state index >= 15 is 0 Å². The van der Waals surface area contributed by atoms with Crippen molar-refractivity contribution in [3.05, 3.63) is 71.6 Å². The predicted octanol–water partition coefficient (Wildman–Crippen LogP) is 4.18. The minimum atomic E-state index is -0.711. The smallest absolute Gasteiger partial charge is 0.309 e. The molecule has 2 aliphatic rings. The summed E-state index contributed by atoms with van der Waals surface area (Å²) in [5, 5.41) is 13.1. The molecule has 5 rings (SSSR count). The number of hydrogen-bond acceptors (Lipinski definition) is 6. The third-order valence-electron chi connectivity index (χ3n) is 6.86. The standard InChI is InChI=1S/C26H29N3O4/c30-25(31)22-15-29(16-22)14-20-7-9-21(10-8-20)24-27-23(33-28-24)17-32-18-26(11-4-12-26)13-19-5-2-1-3-6-19/h1-3,5-10,22H,4,11-18H2,(H,30,31). The van der Waals surface area contributed by atoms with E-state index in [1.165, 1.54) is 24.8 Å². The van der Waals surface area contributed by atoms with Crippen LogP contribution in [-0.4, -0.2) is 45.8 Å². The van der Waals surface area contributed by atoms with Crippen molar-refractivity contribution in [1.82, 2.24) is 15.0 Å². The van der Waals surface area contributed by atoms with Crippen LogP contribution in [0.15, 0.2) is 59.1 Å². The summed E-state index contributed by atoms with van der Waals surface area (Å²) < 4.78 is 11.4. The number of ether oxygens (including phenoxy) is 1. The second-order valence-electron chi connectivity index (χ2n) is 9.45. The van der Waals surface area contributed by atoms with Gasteiger partial charge in [-0.3, -0.25) is 9.69 Å². The van der Waals surface area contributed by atoms with Crippen LogP contribution in [0.2, 0.25) is 0 Å². The molecule has 1 aliphatic heterocycles. The predicted molar refractivity (Wildman–Crippen MR) is 122 cm³/mol. The average molecular weight is 448 g/mol. The third-order valence-corrected chi connectivity index (χ3v) is 6.86. The van der Waals surface area contributed by atoms with Crippen molar-refractivity contribution in [3.8, 4) is 11.4 Å². The summed E-state index contributed by atoms with van der Waals surface area (Å²) in [7, 11) is 0. The Bertz CT molecular complexity index is 1070. The maximum atomic E-state index is 10.9. The maximum Gasteiger partial charge on any atom is 0.309 e. The van der Waals surface area contributed by atoms with Crippen LogP contribution >= 0.6 is 0 Å². The Kier molecular flexibility index (Phi) is 6.24. The Morgan fingerprint density at radius 1 is 1.09 bits per heavy atom. The van der Waals surface area contributed by atoms with Crippen LogP contribution in [0.25, 0.3) is 11.4 Å². The summed E-state index contributed by atoms with van der Waals surface area (Å²) in [6.07, 6.45) is 4.69. The van der Waals surface area contributed by atoms with Crippen molar-refractivity contribution in [1.29, 1.82) is 0 Å². The molecular formula is C26H29N3O4. The summed E-state index contributed by atoms with van der Waals surface area (Å²) >= 11 is 0. The van der Waals surface area contributed by atoms with E-state index in [4.69, 9.17) is 14.4 Å². The Balaban J connectivity index is 1.11. The number of nitrogens with zero attached hydrogens (tertiary/aromatic N) is 3. The number of hydrogen-bond donors (Lipinski definition) is 1. The van der Waals surface area contributed by atoms with Gasteiger partial charge in [-0.1, -0.05) is 66.2 Å². The van der Waals surface area contributed by atoms with Crippen molar-refractivity contribution in [2.24, 2.45) is 11.3 Å². The molecule has 2 aromatic carbocycles. The number of aromatic nitrogens is 2. The molecule has 0 atom stereocenters. The van der Waals surface area contributed by atoms with Gasteiger partial charge in [-0.25, -0.2) is 0 Å². The topological polar surface area (TPSA) is 88.7 Å². The number of rotatable bonds is 10. The fourth-order valence-electron chi connectivity index (χ4n) is 4.74. The number of carboxylic acids is 1. The zero-order valence-electron chi connectivity index (χ0n) is 18.7. The third kappa shape index (κ3) is 5.15. The van der Waals surface area contributed by atoms with E-state index in [-0.39, 0.29) is 11.3 Å². The lowest BCUT2D eigenvalue weighted by Gasteiger charge is -2.41. The molecule has 7 nitrogen and oxygen atoms in total. The van der Waals surface area contributed by atoms with Crippen LogP contribution in [-0.2, 0) is 29.1 Å². The second-order valence-corrected chi connectivity index (χ2v) is 9.45. The van der Waals surface area contributed by atoms with Crippen LogP contribution in [0.5, 0.6) is 0 Å². The molecule has 1 saturated heterocycles. The number of carboxylic acid groups (broad SMARTS) is 1. The van der Waals surface area contributed by atoms with E-state index in [1.54, 1.807) is 0 Å². The second kappa shape index (κ2) is 9.45. The SMILES string of the molecule is O=C(O)C1CN(Cc2ccc(-c3noc(COCC4(Cc5ccccc5)CCC4)n3)cc2)C1. The molecule has 7 heteroatoms. The lowest BCUT2D eigenvalue weighted by atomic mass is 9.66. The van der Waals surface area contributed by atoms with Crippen molar-refractivity contribution in [3.63, 3.8) is 0 Å². The average Bonchev–Trinajstić information content (AvgIpc) is 3.24. The van der Waals surface area contributed by atoms with Crippen molar-refractivity contribution in [2.45, 2.75) is 38.8 Å². The van der Waals surface area contributed by atoms with Crippen LogP contribution in [0.3, 0.4) is 0 Å². The lowest BCUT2D eigenvalue weighted by Crippen LogP contribution is -2.49. The summed E-state index contributed by atoms with van der Waals surface area (Å²) in [4.78, 5) is 17.6. The number of aliphatic carboxylic acids is 1. The van der Waals surface area contributed by atoms with Gasteiger partial charge in [0.2, 0.25) is 5.82 Å². The van der Waals surface area contributed by atoms with E-state index in [0.717, 1.165) is 24.1 Å². The first-order valence-electron chi connectivity index (χ1n) is 11.6. The normalized spacial score (nSPS) is 17.9. The van der Waals surface area contributed by atoms with Crippen molar-refractivity contribution in [2.75, 3.05) is 19.7 Å². The van der Waals surface area contributed by atoms with Gasteiger partial charge in [-0.05, 0) is 35.8 Å². The molecular weight excluding hydrogens is 418 g/mol. The fourth-order valence-corrected chi connectivity index (χ4v) is 4.74. The highest BCUT2D eigenvalue weighted by molar-refractivity contribution is 5.71. The van der Waals surface area contributed by atoms with Gasteiger partial charge < -0.3 is 14.4 Å². The largest absolute Gasteiger partial charge is 0.481 e. The molecule has 2 fully saturated rings. The molecule has 0 bridgehead atoms. The highest BCUT2D eigenvalue weighted by atomic mass is 16.5. The monoisotopic (exact) mass is 447 g/mol. The summed E-state index contributed by atoms with van der Waals surface area (Å²) in [6.45, 7) is 2.99. The molecule has 1 saturated carbocycles. The van der Waals surface area contributed by atoms with E-state index in [0.29, 0.717) is 38.0 Å². The first-order chi connectivity index (χ1) is 16.1. The molecule has 172 valence electrons. The Hall–Kier alpha value is -3.03. The van der Waals surface area contributed by atoms with E-state index in [9.17, 15) is 4.79 Å². The Morgan fingerprint density at radius 2 is 1.85 bits per heavy atom. The highest BCUT2D eigenvalue weighted by Gasteiger charge is 2.37. The van der Waals surface area contributed by atoms with Crippen LogP contribution in [0, 0.1) is 11.3 Å². The van der Waals surface area contributed by atoms with Crippen LogP contribution < -0.4 is 0 Å². The molecule has 0 amide bonds. The minimum Gasteiger partial charge on any atom is -0.481 e. The number of benzene rings is 2. The molecule has 0 radical (unpaired) electrons. The van der Waals surface area contributed by atoms with E-state index in [1.807, 2.05) is 24.3 Å². The quantitative estimate of drug-likeness (QED) is 0.499. The summed E-state index contributed by atoms with van der Waals surface area (Å²) in [5.74, 6) is 0.0977. The van der Waals surface area contributed by atoms with E-state index < -0.39 is 5.97 Å². The van der Waals surface area contributed by atoms with Gasteiger partial charge in [0.25, 0.3) is 5.89 Å². The molecule has 1 N–H and O–H groups in total. The van der Waals surface area contributed by atoms with E-state index in [2.05, 4.69) is 45.4 Å². The van der Waals surface area contributed by atoms with Crippen molar-refractivity contribution >= 4 is 5.97 Å². The molecule has 1 aromatic heterocycles. The minimum absolute atomic E-state index is 0.223. The molecule has 33 heavy (non-hydrogen) atoms. The van der Waals surface area contributed by atoms with Gasteiger partial charge >= 0.3 is 5.97 Å². The first-order valence-corrected chi connectivity index (χ1v) is 11.6. The van der Waals surface area contributed by atoms with Crippen molar-refractivity contribution < 1.29 is 19.2 Å².